The fourth-order valence-electron chi connectivity index (χ4n) is 4.02. The van der Waals surface area contributed by atoms with Gasteiger partial charge in [0.15, 0.2) is 0 Å². The van der Waals surface area contributed by atoms with E-state index in [2.05, 4.69) is 15.7 Å². The third kappa shape index (κ3) is 4.89. The number of carbonyl (C=O) groups is 2. The van der Waals surface area contributed by atoms with Gasteiger partial charge >= 0.3 is 0 Å². The molecule has 2 saturated heterocycles. The first-order chi connectivity index (χ1) is 13.4. The maximum Gasteiger partial charge on any atom is 0.244 e. The average Bonchev–Trinajstić information content (AvgIpc) is 3.08. The van der Waals surface area contributed by atoms with E-state index in [4.69, 9.17) is 9.47 Å². The van der Waals surface area contributed by atoms with Crippen LogP contribution in [0.1, 0.15) is 26.7 Å². The summed E-state index contributed by atoms with van der Waals surface area (Å²) >= 11 is 0. The molecule has 2 atom stereocenters. The Morgan fingerprint density at radius 3 is 2.64 bits per heavy atom. The summed E-state index contributed by atoms with van der Waals surface area (Å²) in [6, 6.07) is 0. The lowest BCUT2D eigenvalue weighted by Crippen LogP contribution is -2.49. The van der Waals surface area contributed by atoms with E-state index in [0.29, 0.717) is 25.4 Å². The first kappa shape index (κ1) is 20.8. The molecule has 9 heteroatoms. The second-order valence-electron chi connectivity index (χ2n) is 7.90. The van der Waals surface area contributed by atoms with Gasteiger partial charge in [-0.3, -0.25) is 14.3 Å². The van der Waals surface area contributed by atoms with Crippen LogP contribution >= 0.6 is 0 Å². The minimum Gasteiger partial charge on any atom is -0.384 e. The van der Waals surface area contributed by atoms with Gasteiger partial charge in [0.05, 0.1) is 36.1 Å². The Morgan fingerprint density at radius 1 is 1.32 bits per heavy atom. The van der Waals surface area contributed by atoms with Crippen molar-refractivity contribution in [3.05, 3.63) is 12.4 Å². The van der Waals surface area contributed by atoms with Gasteiger partial charge in [-0.1, -0.05) is 0 Å². The van der Waals surface area contributed by atoms with Crippen LogP contribution in [-0.2, 0) is 25.6 Å². The van der Waals surface area contributed by atoms with Crippen molar-refractivity contribution >= 4 is 17.5 Å². The number of aromatic nitrogens is 2. The van der Waals surface area contributed by atoms with Crippen molar-refractivity contribution in [2.75, 3.05) is 45.2 Å². The molecule has 2 unspecified atom stereocenters. The summed E-state index contributed by atoms with van der Waals surface area (Å²) in [6.45, 7) is 7.22. The lowest BCUT2D eigenvalue weighted by Gasteiger charge is -2.35. The largest absolute Gasteiger partial charge is 0.384 e. The van der Waals surface area contributed by atoms with Crippen LogP contribution in [0.15, 0.2) is 12.4 Å². The molecule has 28 heavy (non-hydrogen) atoms. The van der Waals surface area contributed by atoms with Gasteiger partial charge < -0.3 is 25.0 Å². The zero-order valence-corrected chi connectivity index (χ0v) is 16.9. The summed E-state index contributed by atoms with van der Waals surface area (Å²) in [4.78, 5) is 27.3. The Kier molecular flexibility index (Phi) is 6.69. The molecule has 3 heterocycles. The molecule has 156 valence electrons. The Bertz CT molecular complexity index is 670. The van der Waals surface area contributed by atoms with Gasteiger partial charge in [-0.25, -0.2) is 0 Å². The molecule has 0 bridgehead atoms. The number of piperidine rings is 1. The molecular formula is C19H31N5O4. The molecule has 2 amide bonds. The molecule has 9 nitrogen and oxygen atoms in total. The third-order valence-electron chi connectivity index (χ3n) is 5.42. The van der Waals surface area contributed by atoms with Gasteiger partial charge in [-0.05, 0) is 39.8 Å². The number of amides is 2. The molecule has 0 radical (unpaired) electrons. The molecule has 2 fully saturated rings. The number of carbonyl (C=O) groups excluding carboxylic acids is 2. The van der Waals surface area contributed by atoms with Crippen LogP contribution < -0.4 is 10.6 Å². The lowest BCUT2D eigenvalue weighted by atomic mass is 9.78. The molecular weight excluding hydrogens is 362 g/mol. The monoisotopic (exact) mass is 393 g/mol. The van der Waals surface area contributed by atoms with Gasteiger partial charge in [0.2, 0.25) is 11.8 Å². The number of morpholine rings is 1. The summed E-state index contributed by atoms with van der Waals surface area (Å²) in [5, 5.41) is 10.5. The highest BCUT2D eigenvalue weighted by Crippen LogP contribution is 2.30. The Labute approximate surface area is 165 Å². The van der Waals surface area contributed by atoms with Gasteiger partial charge in [0, 0.05) is 26.4 Å². The summed E-state index contributed by atoms with van der Waals surface area (Å²) < 4.78 is 12.6. The quantitative estimate of drug-likeness (QED) is 0.729. The minimum atomic E-state index is -0.530. The summed E-state index contributed by atoms with van der Waals surface area (Å²) in [5.41, 5.74) is 0.0633. The molecule has 0 aliphatic carbocycles. The number of methoxy groups -OCH3 is 1. The number of nitrogens with one attached hydrogen (secondary N) is 2. The first-order valence-electron chi connectivity index (χ1n) is 9.89. The predicted octanol–water partition coefficient (Wildman–Crippen LogP) is 0.474. The van der Waals surface area contributed by atoms with E-state index in [1.807, 2.05) is 13.8 Å². The number of hydrogen-bond donors (Lipinski definition) is 2. The van der Waals surface area contributed by atoms with Crippen LogP contribution in [0.4, 0.5) is 5.69 Å². The molecule has 1 aromatic heterocycles. The molecule has 2 aliphatic heterocycles. The van der Waals surface area contributed by atoms with Crippen molar-refractivity contribution < 1.29 is 19.1 Å². The Balaban J connectivity index is 1.59. The highest BCUT2D eigenvalue weighted by atomic mass is 16.5. The van der Waals surface area contributed by atoms with Crippen molar-refractivity contribution in [3.63, 3.8) is 0 Å². The van der Waals surface area contributed by atoms with Crippen LogP contribution in [0.25, 0.3) is 0 Å². The first-order valence-corrected chi connectivity index (χ1v) is 9.89. The SMILES string of the molecule is COCC1(C(=O)Nc2cnn(CC(=O)N3CC(C)OC(C)C3)c2)CCNCC1. The van der Waals surface area contributed by atoms with E-state index < -0.39 is 5.41 Å². The molecule has 0 saturated carbocycles. The predicted molar refractivity (Wildman–Crippen MR) is 104 cm³/mol. The molecule has 0 aromatic carbocycles. The van der Waals surface area contributed by atoms with Crippen molar-refractivity contribution in [2.45, 2.75) is 45.4 Å². The highest BCUT2D eigenvalue weighted by Gasteiger charge is 2.39. The van der Waals surface area contributed by atoms with Gasteiger partial charge in [0.25, 0.3) is 0 Å². The smallest absolute Gasteiger partial charge is 0.244 e. The normalized spacial score (nSPS) is 24.8. The number of rotatable bonds is 6. The van der Waals surface area contributed by atoms with Crippen molar-refractivity contribution in [1.82, 2.24) is 20.0 Å². The van der Waals surface area contributed by atoms with Crippen LogP contribution in [0.3, 0.4) is 0 Å². The van der Waals surface area contributed by atoms with Crippen molar-refractivity contribution in [2.24, 2.45) is 5.41 Å². The van der Waals surface area contributed by atoms with Gasteiger partial charge in [-0.15, -0.1) is 0 Å². The van der Waals surface area contributed by atoms with E-state index in [-0.39, 0.29) is 30.6 Å². The molecule has 0 spiro atoms. The third-order valence-corrected chi connectivity index (χ3v) is 5.42. The van der Waals surface area contributed by atoms with E-state index in [1.54, 1.807) is 29.1 Å². The maximum absolute atomic E-state index is 12.9. The van der Waals surface area contributed by atoms with Gasteiger partial charge in [0.1, 0.15) is 6.54 Å². The van der Waals surface area contributed by atoms with Crippen LogP contribution in [-0.4, -0.2) is 78.6 Å². The minimum absolute atomic E-state index is 0.00261. The van der Waals surface area contributed by atoms with Crippen LogP contribution in [0.5, 0.6) is 0 Å². The number of anilines is 1. The molecule has 1 aromatic rings. The number of ether oxygens (including phenoxy) is 2. The zero-order chi connectivity index (χ0) is 20.1. The summed E-state index contributed by atoms with van der Waals surface area (Å²) in [6.07, 6.45) is 4.80. The van der Waals surface area contributed by atoms with Crippen LogP contribution in [0.2, 0.25) is 0 Å². The topological polar surface area (TPSA) is 97.7 Å². The lowest BCUT2D eigenvalue weighted by molar-refractivity contribution is -0.144. The van der Waals surface area contributed by atoms with E-state index >= 15 is 0 Å². The second-order valence-corrected chi connectivity index (χ2v) is 7.90. The highest BCUT2D eigenvalue weighted by molar-refractivity contribution is 5.95. The average molecular weight is 393 g/mol. The van der Waals surface area contributed by atoms with Gasteiger partial charge in [-0.2, -0.15) is 5.10 Å². The maximum atomic E-state index is 12.9. The summed E-state index contributed by atoms with van der Waals surface area (Å²) in [7, 11) is 1.62. The fraction of sp³-hybridized carbons (Fsp3) is 0.737. The zero-order valence-electron chi connectivity index (χ0n) is 16.9. The van der Waals surface area contributed by atoms with Crippen LogP contribution in [0, 0.1) is 5.41 Å². The number of nitrogens with zero attached hydrogens (tertiary/aromatic N) is 3. The summed E-state index contributed by atoms with van der Waals surface area (Å²) in [5.74, 6) is -0.0604. The Hall–Kier alpha value is -1.97. The molecule has 2 N–H and O–H groups in total. The second kappa shape index (κ2) is 9.02. The van der Waals surface area contributed by atoms with E-state index in [9.17, 15) is 9.59 Å². The van der Waals surface area contributed by atoms with E-state index in [1.165, 1.54) is 0 Å². The molecule has 3 rings (SSSR count). The fourth-order valence-corrected chi connectivity index (χ4v) is 4.02. The standard InChI is InChI=1S/C19H31N5O4/c1-14-9-23(10-15(2)28-14)17(25)12-24-11-16(8-21-24)22-18(26)19(13-27-3)4-6-20-7-5-19/h8,11,14-15,20H,4-7,9-10,12-13H2,1-3H3,(H,22,26). The number of hydrogen-bond acceptors (Lipinski definition) is 6. The molecule has 2 aliphatic rings. The Morgan fingerprint density at radius 2 is 2.00 bits per heavy atom. The van der Waals surface area contributed by atoms with E-state index in [0.717, 1.165) is 25.9 Å². The van der Waals surface area contributed by atoms with Crippen molar-refractivity contribution in [1.29, 1.82) is 0 Å². The van der Waals surface area contributed by atoms with Crippen molar-refractivity contribution in [3.8, 4) is 0 Å².